The zero-order chi connectivity index (χ0) is 23.2. The van der Waals surface area contributed by atoms with Gasteiger partial charge in [0.2, 0.25) is 10.0 Å². The van der Waals surface area contributed by atoms with Crippen LogP contribution in [-0.2, 0) is 23.0 Å². The summed E-state index contributed by atoms with van der Waals surface area (Å²) >= 11 is 2.76. The minimum Gasteiger partial charge on any atom is -0.293 e. The van der Waals surface area contributed by atoms with E-state index >= 15 is 0 Å². The fourth-order valence-electron chi connectivity index (χ4n) is 3.99. The van der Waals surface area contributed by atoms with Crippen molar-refractivity contribution < 1.29 is 13.2 Å². The Morgan fingerprint density at radius 1 is 1.28 bits per heavy atom. The van der Waals surface area contributed by atoms with E-state index in [1.165, 1.54) is 33.7 Å². The van der Waals surface area contributed by atoms with E-state index in [9.17, 15) is 18.0 Å². The molecule has 0 aliphatic carbocycles. The number of sulfonamides is 1. The number of thiophene rings is 1. The van der Waals surface area contributed by atoms with Gasteiger partial charge in [-0.3, -0.25) is 18.5 Å². The van der Waals surface area contributed by atoms with Gasteiger partial charge in [0.15, 0.2) is 10.9 Å². The number of carbonyl (C=O) groups is 1. The first-order valence-corrected chi connectivity index (χ1v) is 14.0. The maximum absolute atomic E-state index is 13.0. The van der Waals surface area contributed by atoms with E-state index in [4.69, 9.17) is 0 Å². The molecule has 0 atom stereocenters. The van der Waals surface area contributed by atoms with Gasteiger partial charge >= 0.3 is 0 Å². The van der Waals surface area contributed by atoms with Crippen molar-refractivity contribution in [2.75, 3.05) is 22.9 Å². The second-order valence-corrected chi connectivity index (χ2v) is 12.0. The number of aryl methyl sites for hydroxylation is 3. The number of nitrogens with zero attached hydrogens (tertiary/aromatic N) is 3. The van der Waals surface area contributed by atoms with Crippen molar-refractivity contribution in [3.8, 4) is 0 Å². The van der Waals surface area contributed by atoms with E-state index in [0.717, 1.165) is 28.8 Å². The van der Waals surface area contributed by atoms with Crippen LogP contribution in [0, 0.1) is 13.8 Å². The van der Waals surface area contributed by atoms with Gasteiger partial charge in [0.25, 0.3) is 5.56 Å². The Labute approximate surface area is 195 Å². The summed E-state index contributed by atoms with van der Waals surface area (Å²) in [4.78, 5) is 32.4. The summed E-state index contributed by atoms with van der Waals surface area (Å²) in [6.45, 7) is 6.75. The third-order valence-corrected chi connectivity index (χ3v) is 9.04. The first-order chi connectivity index (χ1) is 15.1. The highest BCUT2D eigenvalue weighted by Gasteiger charge is 2.25. The smallest absolute Gasteiger partial charge is 0.263 e. The zero-order valence-corrected chi connectivity index (χ0v) is 20.9. The minimum absolute atomic E-state index is 0.0658. The second-order valence-electron chi connectivity index (χ2n) is 7.90. The molecule has 0 bridgehead atoms. The van der Waals surface area contributed by atoms with Crippen LogP contribution in [0.15, 0.2) is 28.2 Å². The number of anilines is 1. The molecule has 0 unspecified atom stereocenters. The molecule has 32 heavy (non-hydrogen) atoms. The monoisotopic (exact) mass is 491 g/mol. The lowest BCUT2D eigenvalue weighted by Crippen LogP contribution is -2.34. The summed E-state index contributed by atoms with van der Waals surface area (Å²) in [6.07, 6.45) is 2.66. The number of thioether (sulfide) groups is 1. The molecule has 2 aromatic heterocycles. The number of rotatable bonds is 6. The van der Waals surface area contributed by atoms with Crippen molar-refractivity contribution in [2.24, 2.45) is 0 Å². The summed E-state index contributed by atoms with van der Waals surface area (Å²) < 4.78 is 27.1. The quantitative estimate of drug-likeness (QED) is 0.296. The molecular weight excluding hydrogens is 466 g/mol. The van der Waals surface area contributed by atoms with Gasteiger partial charge < -0.3 is 0 Å². The second kappa shape index (κ2) is 8.64. The number of hydrogen-bond acceptors (Lipinski definition) is 7. The molecular formula is C22H25N3O4S3. The van der Waals surface area contributed by atoms with Gasteiger partial charge in [0, 0.05) is 23.5 Å². The molecule has 0 fully saturated rings. The maximum Gasteiger partial charge on any atom is 0.263 e. The van der Waals surface area contributed by atoms with Gasteiger partial charge in [-0.15, -0.1) is 11.3 Å². The predicted octanol–water partition coefficient (Wildman–Crippen LogP) is 3.78. The van der Waals surface area contributed by atoms with Gasteiger partial charge in [-0.1, -0.05) is 11.8 Å². The molecule has 1 aliphatic heterocycles. The van der Waals surface area contributed by atoms with Gasteiger partial charge in [0.05, 0.1) is 23.1 Å². The van der Waals surface area contributed by atoms with Crippen molar-refractivity contribution >= 4 is 54.8 Å². The third kappa shape index (κ3) is 4.11. The summed E-state index contributed by atoms with van der Waals surface area (Å²) in [5, 5.41) is 1.20. The Balaban J connectivity index is 1.60. The molecule has 0 amide bonds. The number of hydrogen-bond donors (Lipinski definition) is 0. The van der Waals surface area contributed by atoms with E-state index in [-0.39, 0.29) is 17.1 Å². The Kier molecular flexibility index (Phi) is 6.21. The molecule has 4 rings (SSSR count). The van der Waals surface area contributed by atoms with Crippen LogP contribution in [0.2, 0.25) is 0 Å². The summed E-state index contributed by atoms with van der Waals surface area (Å²) in [6, 6.07) is 5.20. The highest BCUT2D eigenvalue weighted by Crippen LogP contribution is 2.31. The van der Waals surface area contributed by atoms with Crippen LogP contribution in [-0.4, -0.2) is 42.3 Å². The molecule has 3 heterocycles. The van der Waals surface area contributed by atoms with Crippen LogP contribution in [0.3, 0.4) is 0 Å². The van der Waals surface area contributed by atoms with Crippen LogP contribution in [0.5, 0.6) is 0 Å². The summed E-state index contributed by atoms with van der Waals surface area (Å²) in [5.41, 5.74) is 2.96. The minimum atomic E-state index is -3.35. The third-order valence-electron chi connectivity index (χ3n) is 5.78. The van der Waals surface area contributed by atoms with Crippen LogP contribution in [0.4, 0.5) is 5.69 Å². The zero-order valence-electron chi connectivity index (χ0n) is 18.5. The molecule has 7 nitrogen and oxygen atoms in total. The van der Waals surface area contributed by atoms with Crippen molar-refractivity contribution in [1.29, 1.82) is 0 Å². The number of carbonyl (C=O) groups excluding carboxylic acids is 1. The van der Waals surface area contributed by atoms with E-state index < -0.39 is 10.0 Å². The average molecular weight is 492 g/mol. The SMILES string of the molecule is CCn1c(SCC(=O)c2ccc3c(c2)CCCN3S(C)(=O)=O)nc2sc(C)c(C)c2c1=O. The highest BCUT2D eigenvalue weighted by molar-refractivity contribution is 7.99. The van der Waals surface area contributed by atoms with Gasteiger partial charge in [0.1, 0.15) is 4.83 Å². The fraction of sp³-hybridized carbons (Fsp3) is 0.409. The van der Waals surface area contributed by atoms with Gasteiger partial charge in [-0.05, 0) is 62.9 Å². The Hall–Kier alpha value is -2.17. The van der Waals surface area contributed by atoms with Crippen LogP contribution >= 0.6 is 23.1 Å². The van der Waals surface area contributed by atoms with E-state index in [0.29, 0.717) is 39.7 Å². The van der Waals surface area contributed by atoms with Crippen molar-refractivity contribution in [1.82, 2.24) is 9.55 Å². The highest BCUT2D eigenvalue weighted by atomic mass is 32.2. The maximum atomic E-state index is 13.0. The number of fused-ring (bicyclic) bond motifs is 2. The average Bonchev–Trinajstić information content (AvgIpc) is 3.04. The Bertz CT molecular complexity index is 1390. The molecule has 10 heteroatoms. The Morgan fingerprint density at radius 2 is 2.03 bits per heavy atom. The molecule has 0 N–H and O–H groups in total. The predicted molar refractivity (Wildman–Crippen MR) is 131 cm³/mol. The lowest BCUT2D eigenvalue weighted by molar-refractivity contribution is 0.102. The summed E-state index contributed by atoms with van der Waals surface area (Å²) in [7, 11) is -3.35. The molecule has 170 valence electrons. The topological polar surface area (TPSA) is 89.3 Å². The Morgan fingerprint density at radius 3 is 2.72 bits per heavy atom. The lowest BCUT2D eigenvalue weighted by atomic mass is 9.99. The normalized spacial score (nSPS) is 14.1. The summed E-state index contributed by atoms with van der Waals surface area (Å²) in [5.74, 6) is 0.0698. The van der Waals surface area contributed by atoms with Crippen molar-refractivity contribution in [3.63, 3.8) is 0 Å². The lowest BCUT2D eigenvalue weighted by Gasteiger charge is -2.29. The number of benzene rings is 1. The molecule has 1 aliphatic rings. The molecule has 1 aromatic carbocycles. The molecule has 0 saturated heterocycles. The van der Waals surface area contributed by atoms with E-state index in [1.54, 1.807) is 22.8 Å². The number of ketones is 1. The van der Waals surface area contributed by atoms with Crippen LogP contribution in [0.25, 0.3) is 10.2 Å². The molecule has 0 radical (unpaired) electrons. The standard InChI is InChI=1S/C22H25N3O4S3/c1-5-24-21(27)19-13(2)14(3)31-20(19)23-22(24)30-12-18(26)16-8-9-17-15(11-16)7-6-10-25(17)32(4,28)29/h8-9,11H,5-7,10,12H2,1-4H3. The molecule has 0 spiro atoms. The number of Topliss-reactive ketones (excluding diaryl/α,β-unsaturated/α-hetero) is 1. The first kappa shape index (κ1) is 23.0. The van der Waals surface area contributed by atoms with Crippen molar-refractivity contribution in [3.05, 3.63) is 50.1 Å². The largest absolute Gasteiger partial charge is 0.293 e. The number of aromatic nitrogens is 2. The van der Waals surface area contributed by atoms with Gasteiger partial charge in [-0.2, -0.15) is 0 Å². The van der Waals surface area contributed by atoms with Crippen molar-refractivity contribution in [2.45, 2.75) is 45.3 Å². The van der Waals surface area contributed by atoms with Gasteiger partial charge in [-0.25, -0.2) is 13.4 Å². The van der Waals surface area contributed by atoms with Crippen LogP contribution in [0.1, 0.15) is 39.7 Å². The van der Waals surface area contributed by atoms with E-state index in [2.05, 4.69) is 4.98 Å². The fourth-order valence-corrected chi connectivity index (χ4v) is 7.02. The molecule has 0 saturated carbocycles. The van der Waals surface area contributed by atoms with E-state index in [1.807, 2.05) is 20.8 Å². The van der Waals surface area contributed by atoms with Crippen LogP contribution < -0.4 is 9.86 Å². The first-order valence-electron chi connectivity index (χ1n) is 10.4. The molecule has 3 aromatic rings.